The van der Waals surface area contributed by atoms with Gasteiger partial charge in [-0.25, -0.2) is 18.4 Å². The molecule has 0 spiro atoms. The maximum absolute atomic E-state index is 13.9. The standard InChI is InChI=1S/C20H19F2N3O2/c1-10-3-4-13(7-11(10)2)15-8-14(19(21)22)17-18(12-5-6-12)24-25(9-16(26)27)20(17)23-15/h3-4,7-8,12,19H,5-6,9H2,1-2H3,(H,26,27). The summed E-state index contributed by atoms with van der Waals surface area (Å²) in [6, 6.07) is 7.07. The van der Waals surface area contributed by atoms with Crippen LogP contribution in [0, 0.1) is 13.8 Å². The van der Waals surface area contributed by atoms with Gasteiger partial charge in [0.15, 0.2) is 5.65 Å². The van der Waals surface area contributed by atoms with E-state index in [0.717, 1.165) is 29.5 Å². The van der Waals surface area contributed by atoms with Gasteiger partial charge in [-0.15, -0.1) is 0 Å². The number of carbonyl (C=O) groups is 1. The van der Waals surface area contributed by atoms with Crippen LogP contribution in [0.5, 0.6) is 0 Å². The molecule has 2 heterocycles. The summed E-state index contributed by atoms with van der Waals surface area (Å²) in [7, 11) is 0. The minimum atomic E-state index is -2.69. The molecule has 27 heavy (non-hydrogen) atoms. The first-order valence-corrected chi connectivity index (χ1v) is 8.84. The van der Waals surface area contributed by atoms with E-state index < -0.39 is 18.9 Å². The second-order valence-corrected chi connectivity index (χ2v) is 7.11. The van der Waals surface area contributed by atoms with Crippen LogP contribution in [0.15, 0.2) is 24.3 Å². The second-order valence-electron chi connectivity index (χ2n) is 7.11. The number of hydrogen-bond acceptors (Lipinski definition) is 3. The quantitative estimate of drug-likeness (QED) is 0.711. The number of alkyl halides is 2. The Morgan fingerprint density at radius 3 is 2.59 bits per heavy atom. The van der Waals surface area contributed by atoms with Crippen LogP contribution >= 0.6 is 0 Å². The van der Waals surface area contributed by atoms with E-state index in [1.807, 2.05) is 32.0 Å². The highest BCUT2D eigenvalue weighted by molar-refractivity contribution is 5.87. The van der Waals surface area contributed by atoms with Crippen molar-refractivity contribution in [2.24, 2.45) is 0 Å². The summed E-state index contributed by atoms with van der Waals surface area (Å²) in [5, 5.41) is 13.8. The summed E-state index contributed by atoms with van der Waals surface area (Å²) in [6.07, 6.45) is -0.942. The third kappa shape index (κ3) is 3.18. The van der Waals surface area contributed by atoms with Gasteiger partial charge in [-0.3, -0.25) is 4.79 Å². The molecule has 0 amide bonds. The molecule has 7 heteroatoms. The minimum absolute atomic E-state index is 0.106. The second kappa shape index (κ2) is 6.40. The lowest BCUT2D eigenvalue weighted by molar-refractivity contribution is -0.137. The van der Waals surface area contributed by atoms with Crippen LogP contribution in [0.25, 0.3) is 22.3 Å². The normalized spacial score (nSPS) is 14.3. The van der Waals surface area contributed by atoms with Crippen molar-refractivity contribution in [3.05, 3.63) is 46.6 Å². The van der Waals surface area contributed by atoms with E-state index in [1.54, 1.807) is 0 Å². The molecular formula is C20H19F2N3O2. The van der Waals surface area contributed by atoms with E-state index >= 15 is 0 Å². The highest BCUT2D eigenvalue weighted by Crippen LogP contribution is 2.45. The molecule has 0 bridgehead atoms. The SMILES string of the molecule is Cc1ccc(-c2cc(C(F)F)c3c(C4CC4)nn(CC(=O)O)c3n2)cc1C. The topological polar surface area (TPSA) is 68.0 Å². The molecule has 1 aliphatic carbocycles. The van der Waals surface area contributed by atoms with Crippen LogP contribution in [0.4, 0.5) is 8.78 Å². The molecule has 2 aromatic heterocycles. The lowest BCUT2D eigenvalue weighted by atomic mass is 10.0. The van der Waals surface area contributed by atoms with Crippen LogP contribution in [-0.4, -0.2) is 25.8 Å². The number of aryl methyl sites for hydroxylation is 2. The van der Waals surface area contributed by atoms with E-state index in [1.165, 1.54) is 10.7 Å². The predicted octanol–water partition coefficient (Wildman–Crippen LogP) is 4.61. The number of carboxylic acid groups (broad SMARTS) is 1. The van der Waals surface area contributed by atoms with Crippen molar-refractivity contribution in [1.29, 1.82) is 0 Å². The number of hydrogen-bond donors (Lipinski definition) is 1. The third-order valence-corrected chi connectivity index (χ3v) is 5.05. The first kappa shape index (κ1) is 17.6. The summed E-state index contributed by atoms with van der Waals surface area (Å²) in [5.74, 6) is -0.979. The van der Waals surface area contributed by atoms with Crippen molar-refractivity contribution >= 4 is 17.0 Å². The molecule has 1 aliphatic rings. The van der Waals surface area contributed by atoms with Crippen LogP contribution < -0.4 is 0 Å². The Kier molecular flexibility index (Phi) is 4.17. The number of carboxylic acids is 1. The van der Waals surface area contributed by atoms with E-state index in [-0.39, 0.29) is 17.1 Å². The molecular weight excluding hydrogens is 352 g/mol. The number of fused-ring (bicyclic) bond motifs is 1. The fraction of sp³-hybridized carbons (Fsp3) is 0.350. The van der Waals surface area contributed by atoms with Crippen molar-refractivity contribution in [3.63, 3.8) is 0 Å². The van der Waals surface area contributed by atoms with E-state index in [4.69, 9.17) is 0 Å². The lowest BCUT2D eigenvalue weighted by Gasteiger charge is -2.10. The molecule has 0 unspecified atom stereocenters. The lowest BCUT2D eigenvalue weighted by Crippen LogP contribution is -2.11. The fourth-order valence-corrected chi connectivity index (χ4v) is 3.33. The van der Waals surface area contributed by atoms with Gasteiger partial charge in [0, 0.05) is 17.0 Å². The number of rotatable bonds is 5. The van der Waals surface area contributed by atoms with Crippen molar-refractivity contribution in [2.75, 3.05) is 0 Å². The van der Waals surface area contributed by atoms with Gasteiger partial charge in [0.2, 0.25) is 0 Å². The maximum Gasteiger partial charge on any atom is 0.325 e. The molecule has 0 radical (unpaired) electrons. The number of pyridine rings is 1. The van der Waals surface area contributed by atoms with Gasteiger partial charge in [0.05, 0.1) is 16.8 Å². The molecule has 3 aromatic rings. The average molecular weight is 371 g/mol. The molecule has 1 fully saturated rings. The zero-order chi connectivity index (χ0) is 19.3. The molecule has 140 valence electrons. The summed E-state index contributed by atoms with van der Waals surface area (Å²) >= 11 is 0. The summed E-state index contributed by atoms with van der Waals surface area (Å²) < 4.78 is 29.0. The maximum atomic E-state index is 13.9. The van der Waals surface area contributed by atoms with E-state index in [9.17, 15) is 18.7 Å². The number of aromatic nitrogens is 3. The first-order chi connectivity index (χ1) is 12.8. The highest BCUT2D eigenvalue weighted by Gasteiger charge is 2.33. The van der Waals surface area contributed by atoms with Crippen molar-refractivity contribution in [2.45, 2.75) is 45.6 Å². The Morgan fingerprint density at radius 1 is 1.26 bits per heavy atom. The van der Waals surface area contributed by atoms with Gasteiger partial charge in [-0.1, -0.05) is 12.1 Å². The summed E-state index contributed by atoms with van der Waals surface area (Å²) in [6.45, 7) is 3.52. The van der Waals surface area contributed by atoms with E-state index in [2.05, 4.69) is 10.1 Å². The Bertz CT molecular complexity index is 1060. The van der Waals surface area contributed by atoms with Crippen LogP contribution in [0.2, 0.25) is 0 Å². The zero-order valence-electron chi connectivity index (χ0n) is 15.0. The van der Waals surface area contributed by atoms with Crippen molar-refractivity contribution in [1.82, 2.24) is 14.8 Å². The number of halogens is 2. The molecule has 1 saturated carbocycles. The molecule has 4 rings (SSSR count). The van der Waals surface area contributed by atoms with Crippen molar-refractivity contribution < 1.29 is 18.7 Å². The van der Waals surface area contributed by atoms with Crippen molar-refractivity contribution in [3.8, 4) is 11.3 Å². The smallest absolute Gasteiger partial charge is 0.325 e. The van der Waals surface area contributed by atoms with E-state index in [0.29, 0.717) is 16.8 Å². The van der Waals surface area contributed by atoms with Crippen LogP contribution in [0.1, 0.15) is 47.6 Å². The van der Waals surface area contributed by atoms with Gasteiger partial charge >= 0.3 is 5.97 Å². The van der Waals surface area contributed by atoms with Gasteiger partial charge < -0.3 is 5.11 Å². The highest BCUT2D eigenvalue weighted by atomic mass is 19.3. The Balaban J connectivity index is 1.99. The Hall–Kier alpha value is -2.83. The van der Waals surface area contributed by atoms with Gasteiger partial charge in [-0.05, 0) is 49.9 Å². The number of aliphatic carboxylic acids is 1. The minimum Gasteiger partial charge on any atom is -0.480 e. The molecule has 0 saturated heterocycles. The molecule has 1 aromatic carbocycles. The van der Waals surface area contributed by atoms with Crippen LogP contribution in [0.3, 0.4) is 0 Å². The summed E-state index contributed by atoms with van der Waals surface area (Å²) in [4.78, 5) is 15.8. The molecule has 1 N–H and O–H groups in total. The largest absolute Gasteiger partial charge is 0.480 e. The third-order valence-electron chi connectivity index (χ3n) is 5.05. The fourth-order valence-electron chi connectivity index (χ4n) is 3.33. The van der Waals surface area contributed by atoms with Crippen LogP contribution in [-0.2, 0) is 11.3 Å². The monoisotopic (exact) mass is 371 g/mol. The molecule has 5 nitrogen and oxygen atoms in total. The predicted molar refractivity (Wildman–Crippen MR) is 97.0 cm³/mol. The summed E-state index contributed by atoms with van der Waals surface area (Å²) in [5.41, 5.74) is 3.87. The zero-order valence-corrected chi connectivity index (χ0v) is 15.0. The van der Waals surface area contributed by atoms with Gasteiger partial charge in [0.25, 0.3) is 6.43 Å². The van der Waals surface area contributed by atoms with Gasteiger partial charge in [0.1, 0.15) is 6.54 Å². The first-order valence-electron chi connectivity index (χ1n) is 8.84. The average Bonchev–Trinajstić information content (AvgIpc) is 3.39. The molecule has 0 atom stereocenters. The molecule has 0 aliphatic heterocycles. The number of benzene rings is 1. The Labute approximate surface area is 154 Å². The van der Waals surface area contributed by atoms with Gasteiger partial charge in [-0.2, -0.15) is 5.10 Å². The number of nitrogens with zero attached hydrogens (tertiary/aromatic N) is 3. The Morgan fingerprint density at radius 2 is 2.00 bits per heavy atom.